The number of rotatable bonds is 5. The Balaban J connectivity index is 1.64. The fourth-order valence-corrected chi connectivity index (χ4v) is 4.19. The molecule has 4 rings (SSSR count). The number of hydrogen-bond donors (Lipinski definition) is 0. The highest BCUT2D eigenvalue weighted by molar-refractivity contribution is 5.97. The molecule has 168 valence electrons. The molecule has 1 saturated heterocycles. The van der Waals surface area contributed by atoms with E-state index in [-0.39, 0.29) is 52.5 Å². The van der Waals surface area contributed by atoms with Crippen molar-refractivity contribution < 1.29 is 32.6 Å². The van der Waals surface area contributed by atoms with Gasteiger partial charge in [-0.15, -0.1) is 0 Å². The Labute approximate surface area is 181 Å². The lowest BCUT2D eigenvalue weighted by atomic mass is 9.74. The van der Waals surface area contributed by atoms with Crippen molar-refractivity contribution in [1.82, 2.24) is 10.1 Å². The molecule has 1 aromatic heterocycles. The van der Waals surface area contributed by atoms with Gasteiger partial charge >= 0.3 is 5.97 Å². The minimum atomic E-state index is -1.17. The van der Waals surface area contributed by atoms with Crippen LogP contribution < -0.4 is 4.90 Å². The molecule has 32 heavy (non-hydrogen) atoms. The molecule has 0 unspecified atom stereocenters. The predicted molar refractivity (Wildman–Crippen MR) is 107 cm³/mol. The lowest BCUT2D eigenvalue weighted by molar-refractivity contribution is -0.782. The lowest BCUT2D eigenvalue weighted by Gasteiger charge is -2.41. The lowest BCUT2D eigenvalue weighted by Crippen LogP contribution is -2.51. The molecular weight excluding hydrogens is 424 g/mol. The smallest absolute Gasteiger partial charge is 0.314 e. The maximum atomic E-state index is 14.4. The van der Waals surface area contributed by atoms with Crippen LogP contribution in [0.2, 0.25) is 0 Å². The Morgan fingerprint density at radius 1 is 1.28 bits per heavy atom. The molecule has 1 atom stereocenters. The van der Waals surface area contributed by atoms with Crippen LogP contribution >= 0.6 is 0 Å². The Morgan fingerprint density at radius 3 is 2.84 bits per heavy atom. The van der Waals surface area contributed by atoms with Crippen LogP contribution in [0.15, 0.2) is 41.0 Å². The molecule has 0 aliphatic carbocycles. The number of piperidine rings is 1. The number of carbonyl (C=O) groups excluding carboxylic acids is 2. The number of halogens is 2. The summed E-state index contributed by atoms with van der Waals surface area (Å²) in [7, 11) is 0. The first-order chi connectivity index (χ1) is 15.3. The van der Waals surface area contributed by atoms with Crippen molar-refractivity contribution in [3.8, 4) is 0 Å². The highest BCUT2D eigenvalue weighted by atomic mass is 19.1. The maximum absolute atomic E-state index is 14.4. The van der Waals surface area contributed by atoms with Crippen molar-refractivity contribution in [2.45, 2.75) is 26.2 Å². The summed E-state index contributed by atoms with van der Waals surface area (Å²) < 4.78 is 37.5. The SMILES string of the molecule is CCOC(=O)[C@@]1(Cc2ccc(F)cc2F)CCCN(C(=O)c2ccc3c(c2)no[n+]3[O-])C1. The molecule has 2 heterocycles. The van der Waals surface area contributed by atoms with Crippen molar-refractivity contribution >= 4 is 22.9 Å². The van der Waals surface area contributed by atoms with Crippen LogP contribution in [-0.2, 0) is 16.0 Å². The number of aromatic nitrogens is 2. The summed E-state index contributed by atoms with van der Waals surface area (Å²) in [4.78, 5) is 27.9. The second-order valence-electron chi connectivity index (χ2n) is 7.88. The summed E-state index contributed by atoms with van der Waals surface area (Å²) in [6.45, 7) is 2.22. The summed E-state index contributed by atoms with van der Waals surface area (Å²) in [6, 6.07) is 7.58. The number of amides is 1. The third-order valence-electron chi connectivity index (χ3n) is 5.75. The number of benzene rings is 2. The number of carbonyl (C=O) groups is 2. The standard InChI is InChI=1S/C22H21F2N3O5/c1-2-31-21(29)22(12-15-4-6-16(23)11-17(15)24)8-3-9-26(13-22)20(28)14-5-7-19-18(10-14)25-32-27(19)30/h4-7,10-11H,2-3,8-9,12-13H2,1H3/t22-/m1/s1. The van der Waals surface area contributed by atoms with Gasteiger partial charge in [-0.25, -0.2) is 8.78 Å². The van der Waals surface area contributed by atoms with Gasteiger partial charge in [0.15, 0.2) is 0 Å². The minimum absolute atomic E-state index is 0.0138. The third kappa shape index (κ3) is 4.00. The average molecular weight is 445 g/mol. The van der Waals surface area contributed by atoms with E-state index in [1.165, 1.54) is 29.2 Å². The molecule has 8 nitrogen and oxygen atoms in total. The van der Waals surface area contributed by atoms with Gasteiger partial charge in [0.25, 0.3) is 5.91 Å². The topological polar surface area (TPSA) is 99.6 Å². The summed E-state index contributed by atoms with van der Waals surface area (Å²) in [6.07, 6.45) is 0.866. The molecular formula is C22H21F2N3O5. The monoisotopic (exact) mass is 445 g/mol. The van der Waals surface area contributed by atoms with Crippen LogP contribution in [0.3, 0.4) is 0 Å². The van der Waals surface area contributed by atoms with Gasteiger partial charge in [0.2, 0.25) is 11.0 Å². The number of ether oxygens (including phenoxy) is 1. The Kier molecular flexibility index (Phi) is 5.77. The summed E-state index contributed by atoms with van der Waals surface area (Å²) in [5.41, 5.74) is -0.295. The normalized spacial score (nSPS) is 18.7. The van der Waals surface area contributed by atoms with E-state index in [2.05, 4.69) is 9.79 Å². The minimum Gasteiger partial charge on any atom is -0.466 e. The van der Waals surface area contributed by atoms with Crippen LogP contribution in [0, 0.1) is 22.3 Å². The van der Waals surface area contributed by atoms with E-state index in [0.717, 1.165) is 12.1 Å². The third-order valence-corrected chi connectivity index (χ3v) is 5.75. The van der Waals surface area contributed by atoms with E-state index in [4.69, 9.17) is 4.74 Å². The Morgan fingerprint density at radius 2 is 2.09 bits per heavy atom. The molecule has 3 aromatic rings. The molecule has 1 aliphatic rings. The maximum Gasteiger partial charge on any atom is 0.314 e. The van der Waals surface area contributed by atoms with Crippen LogP contribution in [-0.4, -0.2) is 41.6 Å². The molecule has 0 radical (unpaired) electrons. The Hall–Kier alpha value is -3.56. The molecule has 0 bridgehead atoms. The zero-order chi connectivity index (χ0) is 22.9. The summed E-state index contributed by atoms with van der Waals surface area (Å²) in [5, 5.41) is 15.1. The fourth-order valence-electron chi connectivity index (χ4n) is 4.19. The van der Waals surface area contributed by atoms with Crippen molar-refractivity contribution in [2.24, 2.45) is 5.41 Å². The van der Waals surface area contributed by atoms with Crippen molar-refractivity contribution in [3.63, 3.8) is 0 Å². The van der Waals surface area contributed by atoms with Crippen LogP contribution in [0.4, 0.5) is 8.78 Å². The van der Waals surface area contributed by atoms with Crippen LogP contribution in [0.5, 0.6) is 0 Å². The fraction of sp³-hybridized carbons (Fsp3) is 0.364. The van der Waals surface area contributed by atoms with E-state index in [0.29, 0.717) is 19.4 Å². The highest BCUT2D eigenvalue weighted by Gasteiger charge is 2.45. The first kappa shape index (κ1) is 21.7. The van der Waals surface area contributed by atoms with Gasteiger partial charge in [0.1, 0.15) is 11.6 Å². The molecule has 1 amide bonds. The highest BCUT2D eigenvalue weighted by Crippen LogP contribution is 2.36. The van der Waals surface area contributed by atoms with Gasteiger partial charge in [-0.3, -0.25) is 14.2 Å². The second kappa shape index (κ2) is 8.52. The zero-order valence-electron chi connectivity index (χ0n) is 17.3. The van der Waals surface area contributed by atoms with Crippen LogP contribution in [0.1, 0.15) is 35.7 Å². The van der Waals surface area contributed by atoms with Gasteiger partial charge < -0.3 is 14.8 Å². The molecule has 2 aromatic carbocycles. The van der Waals surface area contributed by atoms with Crippen molar-refractivity contribution in [3.05, 3.63) is 64.4 Å². The first-order valence-corrected chi connectivity index (χ1v) is 10.2. The number of fused-ring (bicyclic) bond motifs is 1. The van der Waals surface area contributed by atoms with Crippen LogP contribution in [0.25, 0.3) is 11.0 Å². The molecule has 1 aliphatic heterocycles. The number of esters is 1. The van der Waals surface area contributed by atoms with E-state index < -0.39 is 23.0 Å². The molecule has 0 spiro atoms. The quantitative estimate of drug-likeness (QED) is 0.442. The largest absolute Gasteiger partial charge is 0.466 e. The zero-order valence-corrected chi connectivity index (χ0v) is 17.3. The van der Waals surface area contributed by atoms with Crippen molar-refractivity contribution in [1.29, 1.82) is 0 Å². The molecule has 0 saturated carbocycles. The second-order valence-corrected chi connectivity index (χ2v) is 7.88. The van der Waals surface area contributed by atoms with E-state index in [1.807, 2.05) is 0 Å². The van der Waals surface area contributed by atoms with E-state index in [9.17, 15) is 23.6 Å². The number of likely N-dealkylation sites (tertiary alicyclic amines) is 1. The van der Waals surface area contributed by atoms with E-state index >= 15 is 0 Å². The van der Waals surface area contributed by atoms with Gasteiger partial charge in [0, 0.05) is 35.9 Å². The van der Waals surface area contributed by atoms with Gasteiger partial charge in [-0.2, -0.15) is 0 Å². The predicted octanol–water partition coefficient (Wildman–Crippen LogP) is 2.77. The number of nitrogens with zero attached hydrogens (tertiary/aromatic N) is 3. The van der Waals surface area contributed by atoms with Crippen molar-refractivity contribution in [2.75, 3.05) is 19.7 Å². The average Bonchev–Trinajstić information content (AvgIpc) is 3.15. The first-order valence-electron chi connectivity index (χ1n) is 10.2. The molecule has 1 fully saturated rings. The Bertz CT molecular complexity index is 1180. The summed E-state index contributed by atoms with van der Waals surface area (Å²) in [5.74, 6) is -2.35. The molecule has 0 N–H and O–H groups in total. The van der Waals surface area contributed by atoms with Gasteiger partial charge in [-0.05, 0) is 54.9 Å². The van der Waals surface area contributed by atoms with E-state index in [1.54, 1.807) is 6.92 Å². The van der Waals surface area contributed by atoms with Gasteiger partial charge in [0.05, 0.1) is 12.0 Å². The van der Waals surface area contributed by atoms with Gasteiger partial charge in [-0.1, -0.05) is 6.07 Å². The molecule has 10 heteroatoms. The summed E-state index contributed by atoms with van der Waals surface area (Å²) >= 11 is 0. The number of hydrogen-bond acceptors (Lipinski definition) is 6.